The third-order valence-corrected chi connectivity index (χ3v) is 3.78. The molecule has 2 aromatic carbocycles. The van der Waals surface area contributed by atoms with Crippen molar-refractivity contribution in [1.29, 1.82) is 0 Å². The lowest BCUT2D eigenvalue weighted by Gasteiger charge is -2.04. The fraction of sp³-hybridized carbons (Fsp3) is 0.176. The van der Waals surface area contributed by atoms with E-state index in [9.17, 15) is 4.39 Å². The van der Waals surface area contributed by atoms with Gasteiger partial charge < -0.3 is 10.3 Å². The first-order valence-electron chi connectivity index (χ1n) is 6.93. The Kier molecular flexibility index (Phi) is 4.23. The summed E-state index contributed by atoms with van der Waals surface area (Å²) in [6.45, 7) is 1.65. The zero-order chi connectivity index (χ0) is 14.7. The van der Waals surface area contributed by atoms with Gasteiger partial charge in [0.2, 0.25) is 0 Å². The van der Waals surface area contributed by atoms with Crippen LogP contribution in [0.15, 0.2) is 48.7 Å². The van der Waals surface area contributed by atoms with Gasteiger partial charge in [-0.1, -0.05) is 29.8 Å². The Morgan fingerprint density at radius 2 is 1.90 bits per heavy atom. The minimum Gasteiger partial charge on any atom is -0.361 e. The van der Waals surface area contributed by atoms with Crippen LogP contribution in [-0.4, -0.2) is 11.5 Å². The van der Waals surface area contributed by atoms with Crippen LogP contribution in [0.2, 0.25) is 5.02 Å². The number of halogens is 2. The SMILES string of the molecule is Fc1ccc(CCNCc2c[nH]c3cc(Cl)ccc23)cc1. The first kappa shape index (κ1) is 14.1. The largest absolute Gasteiger partial charge is 0.361 e. The summed E-state index contributed by atoms with van der Waals surface area (Å²) in [6, 6.07) is 12.5. The molecule has 21 heavy (non-hydrogen) atoms. The van der Waals surface area contributed by atoms with Gasteiger partial charge in [-0.25, -0.2) is 4.39 Å². The molecule has 2 nitrogen and oxygen atoms in total. The van der Waals surface area contributed by atoms with Crippen molar-refractivity contribution in [2.75, 3.05) is 6.54 Å². The number of rotatable bonds is 5. The molecule has 0 spiro atoms. The van der Waals surface area contributed by atoms with E-state index in [1.165, 1.54) is 23.1 Å². The zero-order valence-corrected chi connectivity index (χ0v) is 12.3. The smallest absolute Gasteiger partial charge is 0.123 e. The van der Waals surface area contributed by atoms with Crippen molar-refractivity contribution >= 4 is 22.5 Å². The second-order valence-electron chi connectivity index (χ2n) is 5.06. The van der Waals surface area contributed by atoms with Gasteiger partial charge in [0.15, 0.2) is 0 Å². The van der Waals surface area contributed by atoms with Gasteiger partial charge in [-0.15, -0.1) is 0 Å². The summed E-state index contributed by atoms with van der Waals surface area (Å²) in [5.41, 5.74) is 3.41. The summed E-state index contributed by atoms with van der Waals surface area (Å²) in [4.78, 5) is 3.23. The minimum atomic E-state index is -0.191. The molecule has 4 heteroatoms. The molecule has 0 aliphatic heterocycles. The van der Waals surface area contributed by atoms with Crippen LogP contribution in [0.5, 0.6) is 0 Å². The van der Waals surface area contributed by atoms with Crippen LogP contribution >= 0.6 is 11.6 Å². The van der Waals surface area contributed by atoms with E-state index in [4.69, 9.17) is 11.6 Å². The van der Waals surface area contributed by atoms with E-state index in [0.717, 1.165) is 35.6 Å². The monoisotopic (exact) mass is 302 g/mol. The van der Waals surface area contributed by atoms with Crippen LogP contribution in [0.25, 0.3) is 10.9 Å². The molecule has 0 amide bonds. The highest BCUT2D eigenvalue weighted by atomic mass is 35.5. The van der Waals surface area contributed by atoms with Crippen LogP contribution in [-0.2, 0) is 13.0 Å². The molecule has 2 N–H and O–H groups in total. The molecule has 1 aromatic heterocycles. The van der Waals surface area contributed by atoms with E-state index in [1.54, 1.807) is 0 Å². The predicted octanol–water partition coefficient (Wildman–Crippen LogP) is 4.29. The second-order valence-corrected chi connectivity index (χ2v) is 5.49. The Morgan fingerprint density at radius 3 is 2.71 bits per heavy atom. The van der Waals surface area contributed by atoms with Gasteiger partial charge in [-0.3, -0.25) is 0 Å². The lowest BCUT2D eigenvalue weighted by Crippen LogP contribution is -2.16. The average Bonchev–Trinajstić information content (AvgIpc) is 2.87. The summed E-state index contributed by atoms with van der Waals surface area (Å²) in [7, 11) is 0. The molecule has 0 saturated heterocycles. The Morgan fingerprint density at radius 1 is 1.10 bits per heavy atom. The van der Waals surface area contributed by atoms with E-state index in [2.05, 4.69) is 10.3 Å². The Labute approximate surface area is 127 Å². The minimum absolute atomic E-state index is 0.191. The number of aromatic amines is 1. The van der Waals surface area contributed by atoms with E-state index >= 15 is 0 Å². The van der Waals surface area contributed by atoms with Gasteiger partial charge in [-0.05, 0) is 48.4 Å². The number of hydrogen-bond donors (Lipinski definition) is 2. The van der Waals surface area contributed by atoms with Crippen molar-refractivity contribution in [1.82, 2.24) is 10.3 Å². The Hall–Kier alpha value is -1.84. The van der Waals surface area contributed by atoms with Gasteiger partial charge in [0.1, 0.15) is 5.82 Å². The topological polar surface area (TPSA) is 27.8 Å². The number of hydrogen-bond acceptors (Lipinski definition) is 1. The van der Waals surface area contributed by atoms with Gasteiger partial charge in [0, 0.05) is 28.7 Å². The number of aromatic nitrogens is 1. The molecule has 3 aromatic rings. The Balaban J connectivity index is 1.56. The van der Waals surface area contributed by atoms with Crippen molar-refractivity contribution in [2.24, 2.45) is 0 Å². The van der Waals surface area contributed by atoms with Gasteiger partial charge in [0.05, 0.1) is 0 Å². The van der Waals surface area contributed by atoms with Crippen LogP contribution in [0.4, 0.5) is 4.39 Å². The van der Waals surface area contributed by atoms with E-state index in [1.807, 2.05) is 36.5 Å². The van der Waals surface area contributed by atoms with Gasteiger partial charge in [0.25, 0.3) is 0 Å². The molecule has 0 bridgehead atoms. The van der Waals surface area contributed by atoms with Crippen molar-refractivity contribution < 1.29 is 4.39 Å². The van der Waals surface area contributed by atoms with E-state index in [0.29, 0.717) is 0 Å². The lowest BCUT2D eigenvalue weighted by atomic mass is 10.1. The predicted molar refractivity (Wildman–Crippen MR) is 85.1 cm³/mol. The Bertz CT molecular complexity index is 734. The fourth-order valence-corrected chi connectivity index (χ4v) is 2.58. The third-order valence-electron chi connectivity index (χ3n) is 3.55. The standard InChI is InChI=1S/C17H16ClFN2/c18-14-3-6-16-13(11-21-17(16)9-14)10-20-8-7-12-1-4-15(19)5-2-12/h1-6,9,11,20-21H,7-8,10H2. The molecule has 0 atom stereocenters. The van der Waals surface area contributed by atoms with Crippen molar-refractivity contribution in [3.8, 4) is 0 Å². The normalized spacial score (nSPS) is 11.1. The highest BCUT2D eigenvalue weighted by Crippen LogP contribution is 2.21. The maximum atomic E-state index is 12.8. The zero-order valence-electron chi connectivity index (χ0n) is 11.5. The molecule has 0 saturated carbocycles. The molecule has 0 unspecified atom stereocenters. The van der Waals surface area contributed by atoms with Crippen LogP contribution in [0.1, 0.15) is 11.1 Å². The second kappa shape index (κ2) is 6.29. The van der Waals surface area contributed by atoms with Crippen LogP contribution < -0.4 is 5.32 Å². The summed E-state index contributed by atoms with van der Waals surface area (Å²) in [6.07, 6.45) is 2.89. The molecule has 0 aliphatic rings. The van der Waals surface area contributed by atoms with Crippen molar-refractivity contribution in [2.45, 2.75) is 13.0 Å². The summed E-state index contributed by atoms with van der Waals surface area (Å²) >= 11 is 5.97. The van der Waals surface area contributed by atoms with E-state index < -0.39 is 0 Å². The third kappa shape index (κ3) is 3.43. The quantitative estimate of drug-likeness (QED) is 0.676. The summed E-state index contributed by atoms with van der Waals surface area (Å²) in [5, 5.41) is 5.34. The molecule has 0 radical (unpaired) electrons. The molecule has 0 fully saturated rings. The molecule has 1 heterocycles. The molecule has 108 valence electrons. The summed E-state index contributed by atoms with van der Waals surface area (Å²) in [5.74, 6) is -0.191. The summed E-state index contributed by atoms with van der Waals surface area (Å²) < 4.78 is 12.8. The number of H-pyrrole nitrogens is 1. The molecule has 3 rings (SSSR count). The van der Waals surface area contributed by atoms with Crippen molar-refractivity contribution in [3.05, 3.63) is 70.6 Å². The number of nitrogens with one attached hydrogen (secondary N) is 2. The maximum absolute atomic E-state index is 12.8. The van der Waals surface area contributed by atoms with Gasteiger partial charge >= 0.3 is 0 Å². The van der Waals surface area contributed by atoms with Crippen LogP contribution in [0.3, 0.4) is 0 Å². The van der Waals surface area contributed by atoms with E-state index in [-0.39, 0.29) is 5.82 Å². The molecular formula is C17H16ClFN2. The first-order chi connectivity index (χ1) is 10.2. The highest BCUT2D eigenvalue weighted by molar-refractivity contribution is 6.31. The fourth-order valence-electron chi connectivity index (χ4n) is 2.41. The average molecular weight is 303 g/mol. The number of fused-ring (bicyclic) bond motifs is 1. The first-order valence-corrected chi connectivity index (χ1v) is 7.31. The lowest BCUT2D eigenvalue weighted by molar-refractivity contribution is 0.626. The van der Waals surface area contributed by atoms with Crippen LogP contribution in [0, 0.1) is 5.82 Å². The molecule has 0 aliphatic carbocycles. The van der Waals surface area contributed by atoms with Gasteiger partial charge in [-0.2, -0.15) is 0 Å². The number of benzene rings is 2. The molecular weight excluding hydrogens is 287 g/mol. The van der Waals surface area contributed by atoms with Crippen molar-refractivity contribution in [3.63, 3.8) is 0 Å². The maximum Gasteiger partial charge on any atom is 0.123 e. The highest BCUT2D eigenvalue weighted by Gasteiger charge is 2.03.